The minimum atomic E-state index is -0.266. The van der Waals surface area contributed by atoms with Crippen molar-refractivity contribution in [1.29, 1.82) is 0 Å². The van der Waals surface area contributed by atoms with Crippen molar-refractivity contribution in [1.82, 2.24) is 10.6 Å². The molecule has 0 atom stereocenters. The highest BCUT2D eigenvalue weighted by Crippen LogP contribution is 2.10. The summed E-state index contributed by atoms with van der Waals surface area (Å²) in [5, 5.41) is 5.38. The third-order valence-electron chi connectivity index (χ3n) is 3.09. The fourth-order valence-corrected chi connectivity index (χ4v) is 2.21. The maximum atomic E-state index is 11.9. The molecular formula is C17H17BrN2O2. The van der Waals surface area contributed by atoms with Crippen molar-refractivity contribution in [2.24, 2.45) is 0 Å². The number of benzene rings is 2. The van der Waals surface area contributed by atoms with Gasteiger partial charge in [-0.05, 0) is 36.8 Å². The first-order chi connectivity index (χ1) is 10.5. The van der Waals surface area contributed by atoms with Crippen LogP contribution in [-0.2, 0) is 11.3 Å². The molecule has 2 rings (SSSR count). The van der Waals surface area contributed by atoms with Crippen molar-refractivity contribution >= 4 is 27.7 Å². The summed E-state index contributed by atoms with van der Waals surface area (Å²) < 4.78 is 0.903. The topological polar surface area (TPSA) is 58.2 Å². The van der Waals surface area contributed by atoms with Gasteiger partial charge in [-0.3, -0.25) is 9.59 Å². The van der Waals surface area contributed by atoms with Gasteiger partial charge in [0, 0.05) is 16.6 Å². The Morgan fingerprint density at radius 2 is 1.77 bits per heavy atom. The largest absolute Gasteiger partial charge is 0.350 e. The lowest BCUT2D eigenvalue weighted by molar-refractivity contribution is -0.120. The molecule has 0 aliphatic carbocycles. The lowest BCUT2D eigenvalue weighted by atomic mass is 10.1. The molecule has 0 aliphatic heterocycles. The van der Waals surface area contributed by atoms with Crippen LogP contribution in [-0.4, -0.2) is 18.4 Å². The molecule has 114 valence electrons. The summed E-state index contributed by atoms with van der Waals surface area (Å²) in [6.45, 7) is 2.42. The second-order valence-corrected chi connectivity index (χ2v) is 5.87. The van der Waals surface area contributed by atoms with E-state index in [-0.39, 0.29) is 18.4 Å². The van der Waals surface area contributed by atoms with Gasteiger partial charge in [-0.15, -0.1) is 0 Å². The van der Waals surface area contributed by atoms with Crippen LogP contribution in [0.2, 0.25) is 0 Å². The van der Waals surface area contributed by atoms with Crippen LogP contribution in [0, 0.1) is 6.92 Å². The van der Waals surface area contributed by atoms with Crippen LogP contribution in [0.15, 0.2) is 53.0 Å². The summed E-state index contributed by atoms with van der Waals surface area (Å²) >= 11 is 3.31. The molecule has 0 radical (unpaired) electrons. The van der Waals surface area contributed by atoms with Crippen molar-refractivity contribution in [3.8, 4) is 0 Å². The predicted octanol–water partition coefficient (Wildman–Crippen LogP) is 2.80. The first kappa shape index (κ1) is 16.2. The Balaban J connectivity index is 1.78. The molecule has 0 fully saturated rings. The summed E-state index contributed by atoms with van der Waals surface area (Å²) in [6, 6.07) is 14.9. The van der Waals surface area contributed by atoms with Gasteiger partial charge in [0.1, 0.15) is 0 Å². The van der Waals surface area contributed by atoms with Gasteiger partial charge in [0.15, 0.2) is 0 Å². The van der Waals surface area contributed by atoms with Crippen molar-refractivity contribution in [3.63, 3.8) is 0 Å². The van der Waals surface area contributed by atoms with E-state index in [1.165, 1.54) is 0 Å². The van der Waals surface area contributed by atoms with Crippen LogP contribution in [0.4, 0.5) is 0 Å². The van der Waals surface area contributed by atoms with E-state index in [4.69, 9.17) is 0 Å². The highest BCUT2D eigenvalue weighted by molar-refractivity contribution is 9.10. The molecule has 2 aromatic rings. The van der Waals surface area contributed by atoms with Crippen molar-refractivity contribution in [2.75, 3.05) is 6.54 Å². The van der Waals surface area contributed by atoms with Gasteiger partial charge in [0.2, 0.25) is 5.91 Å². The summed E-state index contributed by atoms with van der Waals surface area (Å²) in [5.74, 6) is -0.481. The average molecular weight is 361 g/mol. The van der Waals surface area contributed by atoms with Crippen LogP contribution in [0.25, 0.3) is 0 Å². The molecule has 0 saturated carbocycles. The highest BCUT2D eigenvalue weighted by Gasteiger charge is 2.07. The van der Waals surface area contributed by atoms with Crippen molar-refractivity contribution < 1.29 is 9.59 Å². The van der Waals surface area contributed by atoms with E-state index in [0.29, 0.717) is 12.1 Å². The first-order valence-electron chi connectivity index (χ1n) is 6.90. The van der Waals surface area contributed by atoms with Crippen LogP contribution in [0.5, 0.6) is 0 Å². The Bertz CT molecular complexity index is 669. The Hall–Kier alpha value is -2.14. The normalized spacial score (nSPS) is 10.1. The van der Waals surface area contributed by atoms with Gasteiger partial charge in [-0.2, -0.15) is 0 Å². The fourth-order valence-electron chi connectivity index (χ4n) is 1.95. The number of halogens is 1. The number of carbonyl (C=O) groups excluding carboxylic acids is 2. The van der Waals surface area contributed by atoms with E-state index in [1.807, 2.05) is 31.2 Å². The average Bonchev–Trinajstić information content (AvgIpc) is 2.51. The van der Waals surface area contributed by atoms with Gasteiger partial charge in [0.05, 0.1) is 6.54 Å². The number of hydrogen-bond acceptors (Lipinski definition) is 2. The molecule has 22 heavy (non-hydrogen) atoms. The lowest BCUT2D eigenvalue weighted by Gasteiger charge is -2.08. The number of amides is 2. The quantitative estimate of drug-likeness (QED) is 0.861. The molecule has 2 aromatic carbocycles. The van der Waals surface area contributed by atoms with E-state index in [2.05, 4.69) is 26.6 Å². The predicted molar refractivity (Wildman–Crippen MR) is 89.5 cm³/mol. The third kappa shape index (κ3) is 5.00. The maximum absolute atomic E-state index is 11.9. The van der Waals surface area contributed by atoms with Crippen LogP contribution in [0.1, 0.15) is 21.5 Å². The fraction of sp³-hybridized carbons (Fsp3) is 0.176. The highest BCUT2D eigenvalue weighted by atomic mass is 79.9. The van der Waals surface area contributed by atoms with E-state index in [9.17, 15) is 9.59 Å². The molecule has 0 aliphatic rings. The summed E-state index contributed by atoms with van der Waals surface area (Å²) in [6.07, 6.45) is 0. The van der Waals surface area contributed by atoms with Gasteiger partial charge in [-0.25, -0.2) is 0 Å². The molecule has 0 saturated heterocycles. The minimum Gasteiger partial charge on any atom is -0.350 e. The summed E-state index contributed by atoms with van der Waals surface area (Å²) in [5.41, 5.74) is 2.71. The van der Waals surface area contributed by atoms with E-state index < -0.39 is 0 Å². The molecule has 0 aromatic heterocycles. The first-order valence-corrected chi connectivity index (χ1v) is 7.70. The number of hydrogen-bond donors (Lipinski definition) is 2. The van der Waals surface area contributed by atoms with Gasteiger partial charge in [-0.1, -0.05) is 45.8 Å². The number of nitrogens with one attached hydrogen (secondary N) is 2. The van der Waals surface area contributed by atoms with E-state index in [0.717, 1.165) is 15.6 Å². The number of rotatable bonds is 5. The summed E-state index contributed by atoms with van der Waals surface area (Å²) in [7, 11) is 0. The van der Waals surface area contributed by atoms with Crippen LogP contribution < -0.4 is 10.6 Å². The standard InChI is InChI=1S/C17H17BrN2O2/c1-12-3-2-4-13(9-12)10-19-16(21)11-20-17(22)14-5-7-15(18)8-6-14/h2-9H,10-11H2,1H3,(H,19,21)(H,20,22). The third-order valence-corrected chi connectivity index (χ3v) is 3.62. The molecule has 0 bridgehead atoms. The van der Waals surface area contributed by atoms with Gasteiger partial charge < -0.3 is 10.6 Å². The second kappa shape index (κ2) is 7.75. The van der Waals surface area contributed by atoms with Crippen molar-refractivity contribution in [2.45, 2.75) is 13.5 Å². The minimum absolute atomic E-state index is 0.0410. The molecule has 4 nitrogen and oxygen atoms in total. The summed E-state index contributed by atoms with van der Waals surface area (Å²) in [4.78, 5) is 23.6. The van der Waals surface area contributed by atoms with Gasteiger partial charge in [0.25, 0.3) is 5.91 Å². The second-order valence-electron chi connectivity index (χ2n) is 4.96. The molecule has 5 heteroatoms. The number of aryl methyl sites for hydroxylation is 1. The zero-order valence-electron chi connectivity index (χ0n) is 12.2. The Morgan fingerprint density at radius 3 is 2.45 bits per heavy atom. The van der Waals surface area contributed by atoms with E-state index in [1.54, 1.807) is 24.3 Å². The van der Waals surface area contributed by atoms with Crippen molar-refractivity contribution in [3.05, 3.63) is 69.7 Å². The smallest absolute Gasteiger partial charge is 0.251 e. The lowest BCUT2D eigenvalue weighted by Crippen LogP contribution is -2.36. The molecular weight excluding hydrogens is 344 g/mol. The Morgan fingerprint density at radius 1 is 1.05 bits per heavy atom. The molecule has 0 heterocycles. The van der Waals surface area contributed by atoms with Gasteiger partial charge >= 0.3 is 0 Å². The molecule has 0 spiro atoms. The zero-order valence-corrected chi connectivity index (χ0v) is 13.8. The SMILES string of the molecule is Cc1cccc(CNC(=O)CNC(=O)c2ccc(Br)cc2)c1. The maximum Gasteiger partial charge on any atom is 0.251 e. The molecule has 2 amide bonds. The van der Waals surface area contributed by atoms with Crippen LogP contribution >= 0.6 is 15.9 Å². The van der Waals surface area contributed by atoms with E-state index >= 15 is 0 Å². The molecule has 0 unspecified atom stereocenters. The monoisotopic (exact) mass is 360 g/mol. The zero-order chi connectivity index (χ0) is 15.9. The Labute approximate surface area is 138 Å². The Kier molecular flexibility index (Phi) is 5.72. The number of carbonyl (C=O) groups is 2. The molecule has 2 N–H and O–H groups in total. The van der Waals surface area contributed by atoms with Crippen LogP contribution in [0.3, 0.4) is 0 Å².